The van der Waals surface area contributed by atoms with Gasteiger partial charge in [-0.25, -0.2) is 4.39 Å². The molecule has 1 N–H and O–H groups in total. The van der Waals surface area contributed by atoms with Gasteiger partial charge in [-0.1, -0.05) is 48.5 Å². The molecule has 1 heterocycles. The molecule has 1 aliphatic heterocycles. The molecule has 0 aliphatic carbocycles. The molecule has 0 radical (unpaired) electrons. The van der Waals surface area contributed by atoms with Crippen LogP contribution < -0.4 is 5.32 Å². The zero-order chi connectivity index (χ0) is 14.1. The van der Waals surface area contributed by atoms with Crippen LogP contribution >= 0.6 is 0 Å². The summed E-state index contributed by atoms with van der Waals surface area (Å²) >= 11 is 0. The van der Waals surface area contributed by atoms with Crippen molar-refractivity contribution in [2.75, 3.05) is 5.32 Å². The first kappa shape index (κ1) is 12.3. The predicted molar refractivity (Wildman–Crippen MR) is 73.9 cm³/mol. The maximum absolute atomic E-state index is 14.4. The number of hydrogen-bond acceptors (Lipinski definition) is 2. The molecular weight excluding hydrogens is 257 g/mol. The van der Waals surface area contributed by atoms with Crippen molar-refractivity contribution < 1.29 is 14.0 Å². The number of hydrogen-bond donors (Lipinski definition) is 1. The highest BCUT2D eigenvalue weighted by Crippen LogP contribution is 2.34. The second-order valence-corrected chi connectivity index (χ2v) is 4.38. The predicted octanol–water partition coefficient (Wildman–Crippen LogP) is 3.20. The van der Waals surface area contributed by atoms with Crippen molar-refractivity contribution >= 4 is 23.0 Å². The molecule has 1 aliphatic rings. The van der Waals surface area contributed by atoms with Crippen molar-refractivity contribution in [1.82, 2.24) is 0 Å². The Morgan fingerprint density at radius 3 is 2.35 bits per heavy atom. The molecule has 2 aromatic rings. The van der Waals surface area contributed by atoms with E-state index in [2.05, 4.69) is 5.32 Å². The Balaban J connectivity index is 2.11. The number of amides is 1. The summed E-state index contributed by atoms with van der Waals surface area (Å²) in [5.41, 5.74) is 0.951. The van der Waals surface area contributed by atoms with Crippen LogP contribution in [-0.2, 0) is 4.79 Å². The summed E-state index contributed by atoms with van der Waals surface area (Å²) in [7, 11) is 0. The third-order valence-electron chi connectivity index (χ3n) is 3.13. The topological polar surface area (TPSA) is 46.2 Å². The Morgan fingerprint density at radius 1 is 0.950 bits per heavy atom. The number of halogens is 1. The van der Waals surface area contributed by atoms with Gasteiger partial charge in [-0.05, 0) is 6.07 Å². The quantitative estimate of drug-likeness (QED) is 0.671. The monoisotopic (exact) mass is 267 g/mol. The zero-order valence-corrected chi connectivity index (χ0v) is 10.4. The molecule has 3 nitrogen and oxygen atoms in total. The number of Topliss-reactive ketones (excluding diaryl/α,β-unsaturated/α-hetero) is 1. The van der Waals surface area contributed by atoms with Gasteiger partial charge in [-0.3, -0.25) is 9.59 Å². The van der Waals surface area contributed by atoms with Gasteiger partial charge in [-0.2, -0.15) is 0 Å². The molecule has 0 saturated heterocycles. The summed E-state index contributed by atoms with van der Waals surface area (Å²) in [4.78, 5) is 23.9. The summed E-state index contributed by atoms with van der Waals surface area (Å²) in [6.07, 6.45) is 0. The van der Waals surface area contributed by atoms with E-state index in [1.165, 1.54) is 12.1 Å². The van der Waals surface area contributed by atoms with Gasteiger partial charge in [0.1, 0.15) is 0 Å². The number of nitrogens with one attached hydrogen (secondary N) is 1. The molecule has 4 heteroatoms. The largest absolute Gasteiger partial charge is 0.321 e. The van der Waals surface area contributed by atoms with Crippen molar-refractivity contribution in [1.29, 1.82) is 0 Å². The van der Waals surface area contributed by atoms with E-state index in [0.717, 1.165) is 0 Å². The molecule has 20 heavy (non-hydrogen) atoms. The van der Waals surface area contributed by atoms with E-state index in [4.69, 9.17) is 0 Å². The summed E-state index contributed by atoms with van der Waals surface area (Å²) < 4.78 is 14.4. The van der Waals surface area contributed by atoms with Crippen LogP contribution in [0.5, 0.6) is 0 Å². The van der Waals surface area contributed by atoms with Crippen LogP contribution in [0, 0.1) is 0 Å². The lowest BCUT2D eigenvalue weighted by Gasteiger charge is -2.01. The lowest BCUT2D eigenvalue weighted by atomic mass is 10.0. The Kier molecular flexibility index (Phi) is 2.91. The zero-order valence-electron chi connectivity index (χ0n) is 10.4. The SMILES string of the molecule is O=C1Nc2ccccc2/C1=C(\F)C(=O)c1ccccc1. The molecule has 0 unspecified atom stereocenters. The summed E-state index contributed by atoms with van der Waals surface area (Å²) in [6.45, 7) is 0. The smallest absolute Gasteiger partial charge is 0.259 e. The van der Waals surface area contributed by atoms with E-state index >= 15 is 0 Å². The van der Waals surface area contributed by atoms with Gasteiger partial charge in [-0.15, -0.1) is 0 Å². The Morgan fingerprint density at radius 2 is 1.60 bits per heavy atom. The number of carbonyl (C=O) groups excluding carboxylic acids is 2. The number of carbonyl (C=O) groups is 2. The molecular formula is C16H10FNO2. The normalized spacial score (nSPS) is 15.6. The molecule has 0 atom stereocenters. The van der Waals surface area contributed by atoms with Crippen molar-refractivity contribution in [2.45, 2.75) is 0 Å². The van der Waals surface area contributed by atoms with Gasteiger partial charge in [0.15, 0.2) is 5.83 Å². The third kappa shape index (κ3) is 1.91. The highest BCUT2D eigenvalue weighted by molar-refractivity contribution is 6.36. The molecule has 2 aromatic carbocycles. The van der Waals surface area contributed by atoms with Gasteiger partial charge in [0.2, 0.25) is 5.78 Å². The van der Waals surface area contributed by atoms with Crippen molar-refractivity contribution in [3.05, 3.63) is 71.6 Å². The van der Waals surface area contributed by atoms with Gasteiger partial charge in [0, 0.05) is 16.8 Å². The van der Waals surface area contributed by atoms with Crippen LogP contribution in [0.1, 0.15) is 15.9 Å². The van der Waals surface area contributed by atoms with Crippen LogP contribution in [0.4, 0.5) is 10.1 Å². The average Bonchev–Trinajstić information content (AvgIpc) is 2.82. The molecule has 0 fully saturated rings. The van der Waals surface area contributed by atoms with Crippen molar-refractivity contribution in [2.24, 2.45) is 0 Å². The number of anilines is 1. The fraction of sp³-hybridized carbons (Fsp3) is 0. The van der Waals surface area contributed by atoms with Crippen LogP contribution in [-0.4, -0.2) is 11.7 Å². The summed E-state index contributed by atoms with van der Waals surface area (Å²) in [5.74, 6) is -2.40. The Labute approximate surface area is 114 Å². The fourth-order valence-electron chi connectivity index (χ4n) is 2.16. The highest BCUT2D eigenvalue weighted by Gasteiger charge is 2.30. The maximum Gasteiger partial charge on any atom is 0.259 e. The fourth-order valence-corrected chi connectivity index (χ4v) is 2.16. The van der Waals surface area contributed by atoms with Crippen LogP contribution in [0.25, 0.3) is 5.57 Å². The van der Waals surface area contributed by atoms with Crippen LogP contribution in [0.2, 0.25) is 0 Å². The number of benzene rings is 2. The van der Waals surface area contributed by atoms with E-state index in [1.54, 1.807) is 42.5 Å². The van der Waals surface area contributed by atoms with Gasteiger partial charge in [0.05, 0.1) is 5.57 Å². The first-order valence-corrected chi connectivity index (χ1v) is 6.09. The van der Waals surface area contributed by atoms with E-state index < -0.39 is 17.5 Å². The minimum atomic E-state index is -1.03. The highest BCUT2D eigenvalue weighted by atomic mass is 19.1. The summed E-state index contributed by atoms with van der Waals surface area (Å²) in [6, 6.07) is 14.8. The molecule has 0 saturated carbocycles. The second-order valence-electron chi connectivity index (χ2n) is 4.38. The number of fused-ring (bicyclic) bond motifs is 1. The molecule has 1 amide bonds. The molecule has 3 rings (SSSR count). The lowest BCUT2D eigenvalue weighted by Crippen LogP contribution is -2.09. The van der Waals surface area contributed by atoms with Crippen LogP contribution in [0.15, 0.2) is 60.4 Å². The molecule has 98 valence electrons. The summed E-state index contributed by atoms with van der Waals surface area (Å²) in [5, 5.41) is 2.55. The van der Waals surface area contributed by atoms with Crippen molar-refractivity contribution in [3.8, 4) is 0 Å². The molecule has 0 aromatic heterocycles. The Bertz CT molecular complexity index is 735. The van der Waals surface area contributed by atoms with E-state index in [9.17, 15) is 14.0 Å². The number of ketones is 1. The first-order chi connectivity index (χ1) is 9.68. The van der Waals surface area contributed by atoms with Gasteiger partial charge in [0.25, 0.3) is 5.91 Å². The Hall–Kier alpha value is -2.75. The minimum absolute atomic E-state index is 0.200. The standard InChI is InChI=1S/C16H10FNO2/c17-14(15(19)10-6-2-1-3-7-10)13-11-8-4-5-9-12(11)18-16(13)20/h1-9H,(H,18,20)/b14-13+. The maximum atomic E-state index is 14.4. The first-order valence-electron chi connectivity index (χ1n) is 6.09. The minimum Gasteiger partial charge on any atom is -0.321 e. The van der Waals surface area contributed by atoms with E-state index in [0.29, 0.717) is 11.3 Å². The van der Waals surface area contributed by atoms with E-state index in [1.807, 2.05) is 0 Å². The van der Waals surface area contributed by atoms with Crippen molar-refractivity contribution in [3.63, 3.8) is 0 Å². The van der Waals surface area contributed by atoms with Gasteiger partial charge >= 0.3 is 0 Å². The second kappa shape index (κ2) is 4.74. The van der Waals surface area contributed by atoms with Crippen LogP contribution in [0.3, 0.4) is 0 Å². The average molecular weight is 267 g/mol. The lowest BCUT2D eigenvalue weighted by molar-refractivity contribution is -0.110. The molecule has 0 bridgehead atoms. The number of allylic oxidation sites excluding steroid dienone is 1. The van der Waals surface area contributed by atoms with Gasteiger partial charge < -0.3 is 5.32 Å². The van der Waals surface area contributed by atoms with E-state index in [-0.39, 0.29) is 11.1 Å². The molecule has 0 spiro atoms. The number of para-hydroxylation sites is 1. The third-order valence-corrected chi connectivity index (χ3v) is 3.13. The number of rotatable bonds is 2.